The lowest BCUT2D eigenvalue weighted by Gasteiger charge is -2.24. The van der Waals surface area contributed by atoms with Gasteiger partial charge in [0, 0.05) is 11.9 Å². The van der Waals surface area contributed by atoms with Gasteiger partial charge in [0.05, 0.1) is 12.3 Å². The van der Waals surface area contributed by atoms with Crippen LogP contribution in [0.1, 0.15) is 5.69 Å². The van der Waals surface area contributed by atoms with Crippen molar-refractivity contribution < 1.29 is 4.74 Å². The third-order valence-electron chi connectivity index (χ3n) is 1.84. The molecule has 0 saturated carbocycles. The molecule has 0 aromatic carbocycles. The van der Waals surface area contributed by atoms with Crippen LogP contribution in [0.3, 0.4) is 0 Å². The third kappa shape index (κ3) is 4.67. The largest absolute Gasteiger partial charge is 0.358 e. The summed E-state index contributed by atoms with van der Waals surface area (Å²) in [6.45, 7) is 3.39. The quantitative estimate of drug-likeness (QED) is 0.702. The van der Waals surface area contributed by atoms with Gasteiger partial charge < -0.3 is 4.74 Å². The molecule has 0 radical (unpaired) electrons. The first-order chi connectivity index (χ1) is 6.47. The highest BCUT2D eigenvalue weighted by atomic mass is 32.3. The summed E-state index contributed by atoms with van der Waals surface area (Å²) in [6, 6.07) is 1.98. The minimum atomic E-state index is -0.428. The van der Waals surface area contributed by atoms with Crippen LogP contribution in [0.4, 0.5) is 0 Å². The van der Waals surface area contributed by atoms with Crippen molar-refractivity contribution in [3.63, 3.8) is 0 Å². The maximum absolute atomic E-state index is 5.53. The zero-order valence-electron chi connectivity index (χ0n) is 9.49. The molecule has 0 amide bonds. The fraction of sp³-hybridized carbons (Fsp3) is 0.700. The molecule has 1 aromatic heterocycles. The topological polar surface area (TPSA) is 27.1 Å². The second-order valence-electron chi connectivity index (χ2n) is 4.33. The number of aryl methyl sites for hydroxylation is 1. The normalized spacial score (nSPS) is 13.1. The molecule has 0 aliphatic carbocycles. The lowest BCUT2D eigenvalue weighted by molar-refractivity contribution is 0.0807. The molecule has 0 unspecified atom stereocenters. The highest BCUT2D eigenvalue weighted by molar-refractivity contribution is 8.32. The Balaban J connectivity index is 2.16. The highest BCUT2D eigenvalue weighted by Gasteiger charge is 2.03. The molecule has 0 aliphatic rings. The first kappa shape index (κ1) is 11.6. The van der Waals surface area contributed by atoms with Crippen molar-refractivity contribution in [1.82, 2.24) is 9.78 Å². The van der Waals surface area contributed by atoms with Gasteiger partial charge in [0.2, 0.25) is 0 Å². The van der Waals surface area contributed by atoms with E-state index < -0.39 is 10.0 Å². The monoisotopic (exact) mass is 216 g/mol. The van der Waals surface area contributed by atoms with E-state index in [9.17, 15) is 0 Å². The molecule has 0 bridgehead atoms. The van der Waals surface area contributed by atoms with Crippen molar-refractivity contribution in [3.05, 3.63) is 18.0 Å². The Morgan fingerprint density at radius 1 is 1.43 bits per heavy atom. The van der Waals surface area contributed by atoms with Gasteiger partial charge >= 0.3 is 0 Å². The number of aromatic nitrogens is 2. The first-order valence-corrected chi connectivity index (χ1v) is 7.74. The molecule has 4 heteroatoms. The lowest BCUT2D eigenvalue weighted by atomic mass is 10.5. The summed E-state index contributed by atoms with van der Waals surface area (Å²) in [6.07, 6.45) is 8.84. The Labute approximate surface area is 87.8 Å². The van der Waals surface area contributed by atoms with Crippen LogP contribution in [0.2, 0.25) is 0 Å². The van der Waals surface area contributed by atoms with Crippen LogP contribution in [0.15, 0.2) is 12.3 Å². The average Bonchev–Trinajstić information content (AvgIpc) is 2.44. The minimum absolute atomic E-state index is 0.428. The fourth-order valence-corrected chi connectivity index (χ4v) is 1.62. The number of nitrogens with zero attached hydrogens (tertiary/aromatic N) is 2. The van der Waals surface area contributed by atoms with Crippen LogP contribution in [0.25, 0.3) is 0 Å². The fourth-order valence-electron chi connectivity index (χ4n) is 1.00. The Morgan fingerprint density at radius 3 is 2.64 bits per heavy atom. The number of hydrogen-bond donors (Lipinski definition) is 0. The van der Waals surface area contributed by atoms with Gasteiger partial charge in [-0.15, -0.1) is 0 Å². The number of ether oxygens (including phenoxy) is 1. The van der Waals surface area contributed by atoms with Gasteiger partial charge in [-0.3, -0.25) is 0 Å². The Hall–Kier alpha value is -0.480. The summed E-state index contributed by atoms with van der Waals surface area (Å²) in [7, 11) is -0.428. The smallest absolute Gasteiger partial charge is 0.139 e. The summed E-state index contributed by atoms with van der Waals surface area (Å²) < 4.78 is 7.36. The van der Waals surface area contributed by atoms with Crippen LogP contribution in [-0.2, 0) is 11.5 Å². The van der Waals surface area contributed by atoms with Crippen molar-refractivity contribution in [2.75, 3.05) is 31.1 Å². The van der Waals surface area contributed by atoms with Crippen molar-refractivity contribution >= 4 is 10.0 Å². The van der Waals surface area contributed by atoms with Crippen LogP contribution < -0.4 is 0 Å². The number of hydrogen-bond acceptors (Lipinski definition) is 2. The molecular formula is C10H20N2OS. The van der Waals surface area contributed by atoms with Crippen molar-refractivity contribution in [2.45, 2.75) is 13.7 Å². The van der Waals surface area contributed by atoms with E-state index in [0.717, 1.165) is 18.1 Å². The maximum atomic E-state index is 5.53. The van der Waals surface area contributed by atoms with E-state index in [0.29, 0.717) is 6.73 Å². The summed E-state index contributed by atoms with van der Waals surface area (Å²) >= 11 is 0. The Kier molecular flexibility index (Phi) is 4.01. The van der Waals surface area contributed by atoms with E-state index >= 15 is 0 Å². The van der Waals surface area contributed by atoms with E-state index in [4.69, 9.17) is 4.74 Å². The zero-order chi connectivity index (χ0) is 10.6. The predicted molar refractivity (Wildman–Crippen MR) is 63.1 cm³/mol. The molecule has 1 rings (SSSR count). The maximum Gasteiger partial charge on any atom is 0.139 e. The molecule has 0 fully saturated rings. The van der Waals surface area contributed by atoms with Gasteiger partial charge in [-0.05, 0) is 31.8 Å². The molecule has 0 atom stereocenters. The Morgan fingerprint density at radius 2 is 2.14 bits per heavy atom. The molecular weight excluding hydrogens is 196 g/mol. The van der Waals surface area contributed by atoms with Crippen molar-refractivity contribution in [1.29, 1.82) is 0 Å². The predicted octanol–water partition coefficient (Wildman–Crippen LogP) is 1.86. The summed E-state index contributed by atoms with van der Waals surface area (Å²) in [5.41, 5.74) is 1.04. The SMILES string of the molecule is Cc1ccn(COCCS(C)(C)C)n1. The van der Waals surface area contributed by atoms with Crippen LogP contribution in [0, 0.1) is 6.92 Å². The standard InChI is InChI=1S/C10H20N2OS/c1-10-5-6-12(11-10)9-13-7-8-14(2,3)4/h5-6H,7-9H2,1-4H3. The first-order valence-electron chi connectivity index (χ1n) is 4.71. The summed E-state index contributed by atoms with van der Waals surface area (Å²) in [5.74, 6) is 1.16. The highest BCUT2D eigenvalue weighted by Crippen LogP contribution is 2.33. The third-order valence-corrected chi connectivity index (χ3v) is 3.23. The second-order valence-corrected chi connectivity index (χ2v) is 8.92. The van der Waals surface area contributed by atoms with Crippen LogP contribution in [-0.4, -0.2) is 40.9 Å². The van der Waals surface area contributed by atoms with Gasteiger partial charge in [-0.25, -0.2) is 14.7 Å². The van der Waals surface area contributed by atoms with E-state index in [2.05, 4.69) is 23.9 Å². The van der Waals surface area contributed by atoms with Gasteiger partial charge in [0.15, 0.2) is 0 Å². The van der Waals surface area contributed by atoms with Crippen molar-refractivity contribution in [2.24, 2.45) is 0 Å². The number of rotatable bonds is 5. The minimum Gasteiger partial charge on any atom is -0.358 e. The van der Waals surface area contributed by atoms with E-state index in [1.54, 1.807) is 0 Å². The molecule has 0 aliphatic heterocycles. The molecule has 82 valence electrons. The second kappa shape index (κ2) is 4.84. The summed E-state index contributed by atoms with van der Waals surface area (Å²) in [5, 5.41) is 4.24. The lowest BCUT2D eigenvalue weighted by Crippen LogP contribution is -2.10. The molecule has 3 nitrogen and oxygen atoms in total. The van der Waals surface area contributed by atoms with E-state index in [-0.39, 0.29) is 0 Å². The average molecular weight is 216 g/mol. The van der Waals surface area contributed by atoms with Crippen LogP contribution in [0.5, 0.6) is 0 Å². The molecule has 14 heavy (non-hydrogen) atoms. The van der Waals surface area contributed by atoms with E-state index in [1.807, 2.05) is 23.9 Å². The zero-order valence-corrected chi connectivity index (χ0v) is 10.3. The molecule has 0 N–H and O–H groups in total. The Bertz CT molecular complexity index is 278. The summed E-state index contributed by atoms with van der Waals surface area (Å²) in [4.78, 5) is 0. The van der Waals surface area contributed by atoms with Crippen LogP contribution >= 0.6 is 10.0 Å². The molecule has 1 heterocycles. The molecule has 1 aromatic rings. The van der Waals surface area contributed by atoms with Gasteiger partial charge in [0.1, 0.15) is 6.73 Å². The van der Waals surface area contributed by atoms with Gasteiger partial charge in [0.25, 0.3) is 0 Å². The van der Waals surface area contributed by atoms with Gasteiger partial charge in [-0.1, -0.05) is 0 Å². The molecule has 0 spiro atoms. The van der Waals surface area contributed by atoms with Gasteiger partial charge in [-0.2, -0.15) is 5.10 Å². The molecule has 0 saturated heterocycles. The van der Waals surface area contributed by atoms with Crippen molar-refractivity contribution in [3.8, 4) is 0 Å². The van der Waals surface area contributed by atoms with E-state index in [1.165, 1.54) is 0 Å².